The van der Waals surface area contributed by atoms with E-state index < -0.39 is 0 Å². The molecule has 0 bridgehead atoms. The summed E-state index contributed by atoms with van der Waals surface area (Å²) in [7, 11) is 0. The molecule has 0 aromatic carbocycles. The quantitative estimate of drug-likeness (QED) is 0.644. The van der Waals surface area contributed by atoms with Crippen LogP contribution in [0, 0.1) is 12.0 Å². The monoisotopic (exact) mass is 239 g/mol. The lowest BCUT2D eigenvalue weighted by atomic mass is 9.92. The fourth-order valence-corrected chi connectivity index (χ4v) is 3.41. The van der Waals surface area contributed by atoms with Gasteiger partial charge in [-0.3, -0.25) is 9.64 Å². The van der Waals surface area contributed by atoms with Crippen LogP contribution in [0.4, 0.5) is 0 Å². The van der Waals surface area contributed by atoms with E-state index >= 15 is 0 Å². The Morgan fingerprint density at radius 2 is 2.19 bits per heavy atom. The number of likely N-dealkylation sites (tertiary alicyclic amines) is 1. The van der Waals surface area contributed by atoms with Gasteiger partial charge in [-0.25, -0.2) is 11.9 Å². The molecular formula is C11H17N3OS. The van der Waals surface area contributed by atoms with E-state index in [1.807, 2.05) is 25.7 Å². The Morgan fingerprint density at radius 1 is 1.56 bits per heavy atom. The zero-order chi connectivity index (χ0) is 12.0. The van der Waals surface area contributed by atoms with Crippen molar-refractivity contribution in [2.75, 3.05) is 18.8 Å². The van der Waals surface area contributed by atoms with Gasteiger partial charge in [0.05, 0.1) is 18.8 Å². The third-order valence-electron chi connectivity index (χ3n) is 2.92. The van der Waals surface area contributed by atoms with Crippen LogP contribution >= 0.6 is 11.8 Å². The molecule has 1 spiro atoms. The molecule has 0 saturated carbocycles. The Hall–Kier alpha value is -0.730. The van der Waals surface area contributed by atoms with Gasteiger partial charge in [-0.1, -0.05) is 20.8 Å². The van der Waals surface area contributed by atoms with E-state index in [4.69, 9.17) is 6.57 Å². The van der Waals surface area contributed by atoms with Gasteiger partial charge in [0.1, 0.15) is 4.87 Å². The Labute approximate surface area is 101 Å². The van der Waals surface area contributed by atoms with Crippen LogP contribution in [0.25, 0.3) is 4.85 Å². The van der Waals surface area contributed by atoms with E-state index in [1.165, 1.54) is 0 Å². The van der Waals surface area contributed by atoms with E-state index in [2.05, 4.69) is 10.2 Å². The summed E-state index contributed by atoms with van der Waals surface area (Å²) >= 11 is 1.78. The Morgan fingerprint density at radius 3 is 2.62 bits per heavy atom. The minimum absolute atomic E-state index is 0.0316. The normalized spacial score (nSPS) is 27.6. The molecule has 2 aliphatic heterocycles. The topological polar surface area (TPSA) is 36.7 Å². The maximum Gasteiger partial charge on any atom is 0.287 e. The lowest BCUT2D eigenvalue weighted by Gasteiger charge is -2.48. The SMILES string of the molecule is [C-]#[N+][C@@H]1CSC2(CN(C(=O)C(C)(C)C)C2)N1. The second-order valence-corrected chi connectivity index (χ2v) is 6.91. The second kappa shape index (κ2) is 3.64. The molecule has 16 heavy (non-hydrogen) atoms. The summed E-state index contributed by atoms with van der Waals surface area (Å²) < 4.78 is 0. The van der Waals surface area contributed by atoms with Crippen LogP contribution in [0.1, 0.15) is 20.8 Å². The molecule has 1 amide bonds. The van der Waals surface area contributed by atoms with Crippen LogP contribution in [0.5, 0.6) is 0 Å². The van der Waals surface area contributed by atoms with Gasteiger partial charge in [0.2, 0.25) is 5.91 Å². The summed E-state index contributed by atoms with van der Waals surface area (Å²) in [6, 6.07) is 0. The number of nitrogens with zero attached hydrogens (tertiary/aromatic N) is 2. The first-order valence-electron chi connectivity index (χ1n) is 5.44. The highest BCUT2D eigenvalue weighted by Crippen LogP contribution is 2.40. The predicted octanol–water partition coefficient (Wildman–Crippen LogP) is 1.15. The number of carbonyl (C=O) groups is 1. The number of rotatable bonds is 0. The average molecular weight is 239 g/mol. The van der Waals surface area contributed by atoms with Gasteiger partial charge in [-0.2, -0.15) is 0 Å². The summed E-state index contributed by atoms with van der Waals surface area (Å²) in [6.07, 6.45) is -0.0723. The van der Waals surface area contributed by atoms with Crippen LogP contribution in [-0.2, 0) is 4.79 Å². The van der Waals surface area contributed by atoms with E-state index in [0.29, 0.717) is 0 Å². The minimum atomic E-state index is -0.302. The van der Waals surface area contributed by atoms with Crippen molar-refractivity contribution in [2.24, 2.45) is 5.41 Å². The highest BCUT2D eigenvalue weighted by Gasteiger charge is 2.53. The zero-order valence-corrected chi connectivity index (χ0v) is 10.7. The summed E-state index contributed by atoms with van der Waals surface area (Å²) in [5.41, 5.74) is -0.302. The summed E-state index contributed by atoms with van der Waals surface area (Å²) in [4.78, 5) is 17.3. The molecule has 5 heteroatoms. The third-order valence-corrected chi connectivity index (χ3v) is 4.34. The molecule has 2 fully saturated rings. The molecule has 2 saturated heterocycles. The maximum atomic E-state index is 12.0. The highest BCUT2D eigenvalue weighted by atomic mass is 32.2. The fourth-order valence-electron chi connectivity index (χ4n) is 2.07. The molecule has 0 aromatic heterocycles. The number of nitrogens with one attached hydrogen (secondary N) is 1. The lowest BCUT2D eigenvalue weighted by Crippen LogP contribution is -2.68. The Kier molecular flexibility index (Phi) is 2.67. The van der Waals surface area contributed by atoms with Crippen LogP contribution in [0.2, 0.25) is 0 Å². The fraction of sp³-hybridized carbons (Fsp3) is 0.818. The van der Waals surface area contributed by atoms with Gasteiger partial charge < -0.3 is 4.90 Å². The number of carbonyl (C=O) groups excluding carboxylic acids is 1. The first-order valence-corrected chi connectivity index (χ1v) is 6.42. The van der Waals surface area contributed by atoms with Crippen molar-refractivity contribution in [3.8, 4) is 0 Å². The van der Waals surface area contributed by atoms with Crippen LogP contribution in [0.3, 0.4) is 0 Å². The molecule has 0 unspecified atom stereocenters. The van der Waals surface area contributed by atoms with E-state index in [0.717, 1.165) is 18.8 Å². The first-order chi connectivity index (χ1) is 7.36. The molecule has 1 atom stereocenters. The van der Waals surface area contributed by atoms with Crippen molar-refractivity contribution >= 4 is 17.7 Å². The molecule has 1 N–H and O–H groups in total. The largest absolute Gasteiger partial charge is 0.337 e. The van der Waals surface area contributed by atoms with Crippen molar-refractivity contribution in [1.29, 1.82) is 0 Å². The number of hydrogen-bond donors (Lipinski definition) is 1. The van der Waals surface area contributed by atoms with Gasteiger partial charge in [0, 0.05) is 5.41 Å². The van der Waals surface area contributed by atoms with Crippen LogP contribution in [0.15, 0.2) is 0 Å². The zero-order valence-electron chi connectivity index (χ0n) is 9.91. The van der Waals surface area contributed by atoms with Gasteiger partial charge in [0.25, 0.3) is 6.17 Å². The highest BCUT2D eigenvalue weighted by molar-refractivity contribution is 8.01. The third kappa shape index (κ3) is 1.92. The van der Waals surface area contributed by atoms with Crippen molar-refractivity contribution < 1.29 is 4.79 Å². The molecule has 0 aliphatic carbocycles. The smallest absolute Gasteiger partial charge is 0.287 e. The molecule has 2 heterocycles. The maximum absolute atomic E-state index is 12.0. The first kappa shape index (κ1) is 11.7. The molecule has 2 rings (SSSR count). The molecule has 2 aliphatic rings. The van der Waals surface area contributed by atoms with E-state index in [-0.39, 0.29) is 22.4 Å². The molecule has 0 aromatic rings. The van der Waals surface area contributed by atoms with Gasteiger partial charge >= 0.3 is 0 Å². The van der Waals surface area contributed by atoms with Gasteiger partial charge in [-0.15, -0.1) is 11.8 Å². The second-order valence-electron chi connectivity index (χ2n) is 5.51. The summed E-state index contributed by atoms with van der Waals surface area (Å²) in [5, 5.41) is 3.30. The Balaban J connectivity index is 1.92. The van der Waals surface area contributed by atoms with E-state index in [1.54, 1.807) is 11.8 Å². The standard InChI is InChI=1S/C11H17N3OS/c1-10(2,3)9(15)14-6-11(7-14)13-8(12-4)5-16-11/h8,13H,5-7H2,1-3H3/t8-/m0/s1. The van der Waals surface area contributed by atoms with E-state index in [9.17, 15) is 4.79 Å². The molecular weight excluding hydrogens is 222 g/mol. The number of hydrogen-bond acceptors (Lipinski definition) is 3. The summed E-state index contributed by atoms with van der Waals surface area (Å²) in [6.45, 7) is 14.3. The number of thioether (sulfide) groups is 1. The van der Waals surface area contributed by atoms with Crippen molar-refractivity contribution in [1.82, 2.24) is 10.2 Å². The minimum Gasteiger partial charge on any atom is -0.337 e. The molecule has 0 radical (unpaired) electrons. The van der Waals surface area contributed by atoms with Gasteiger partial charge in [-0.05, 0) is 0 Å². The van der Waals surface area contributed by atoms with Crippen LogP contribution < -0.4 is 5.32 Å². The van der Waals surface area contributed by atoms with Crippen LogP contribution in [-0.4, -0.2) is 40.7 Å². The van der Waals surface area contributed by atoms with Crippen molar-refractivity contribution in [2.45, 2.75) is 31.8 Å². The van der Waals surface area contributed by atoms with Gasteiger partial charge in [0.15, 0.2) is 0 Å². The summed E-state index contributed by atoms with van der Waals surface area (Å²) in [5.74, 6) is 1.04. The van der Waals surface area contributed by atoms with Crippen molar-refractivity contribution in [3.63, 3.8) is 0 Å². The lowest BCUT2D eigenvalue weighted by molar-refractivity contribution is -0.145. The number of amides is 1. The molecule has 88 valence electrons. The van der Waals surface area contributed by atoms with Crippen molar-refractivity contribution in [3.05, 3.63) is 11.4 Å². The molecule has 4 nitrogen and oxygen atoms in total. The predicted molar refractivity (Wildman–Crippen MR) is 64.7 cm³/mol. The Bertz CT molecular complexity index is 349. The average Bonchev–Trinajstić information content (AvgIpc) is 2.56.